The predicted octanol–water partition coefficient (Wildman–Crippen LogP) is 2.74. The molecule has 1 aliphatic carbocycles. The van der Waals surface area contributed by atoms with E-state index in [4.69, 9.17) is 10.5 Å². The van der Waals surface area contributed by atoms with Crippen LogP contribution in [0.25, 0.3) is 0 Å². The summed E-state index contributed by atoms with van der Waals surface area (Å²) >= 11 is 0. The van der Waals surface area contributed by atoms with E-state index in [9.17, 15) is 4.39 Å². The van der Waals surface area contributed by atoms with Gasteiger partial charge in [-0.25, -0.2) is 4.39 Å². The Morgan fingerprint density at radius 3 is 2.62 bits per heavy atom. The second-order valence-electron chi connectivity index (χ2n) is 4.31. The lowest BCUT2D eigenvalue weighted by Crippen LogP contribution is -2.09. The van der Waals surface area contributed by atoms with Crippen LogP contribution >= 0.6 is 0 Å². The van der Waals surface area contributed by atoms with Gasteiger partial charge in [-0.1, -0.05) is 31.0 Å². The fraction of sp³-hybridized carbons (Fsp3) is 0.538. The molecule has 0 aromatic heterocycles. The van der Waals surface area contributed by atoms with Crippen molar-refractivity contribution in [1.29, 1.82) is 0 Å². The van der Waals surface area contributed by atoms with Gasteiger partial charge in [0.1, 0.15) is 5.82 Å². The van der Waals surface area contributed by atoms with E-state index >= 15 is 0 Å². The summed E-state index contributed by atoms with van der Waals surface area (Å²) in [4.78, 5) is 0. The second-order valence-corrected chi connectivity index (χ2v) is 4.31. The minimum absolute atomic E-state index is 0.206. The van der Waals surface area contributed by atoms with E-state index < -0.39 is 0 Å². The van der Waals surface area contributed by atoms with E-state index in [1.54, 1.807) is 12.1 Å². The Labute approximate surface area is 95.6 Å². The molecule has 1 fully saturated rings. The average Bonchev–Trinajstić information content (AvgIpc) is 2.81. The highest BCUT2D eigenvalue weighted by molar-refractivity contribution is 5.25. The lowest BCUT2D eigenvalue weighted by Gasteiger charge is -2.12. The van der Waals surface area contributed by atoms with E-state index in [-0.39, 0.29) is 12.4 Å². The van der Waals surface area contributed by atoms with Crippen LogP contribution in [0.15, 0.2) is 18.2 Å². The number of nitrogens with two attached hydrogens (primary N) is 1. The number of hydrogen-bond acceptors (Lipinski definition) is 2. The Morgan fingerprint density at radius 1 is 1.25 bits per heavy atom. The van der Waals surface area contributed by atoms with Crippen molar-refractivity contribution < 1.29 is 9.13 Å². The zero-order valence-electron chi connectivity index (χ0n) is 9.42. The summed E-state index contributed by atoms with van der Waals surface area (Å²) in [6, 6.07) is 5.32. The van der Waals surface area contributed by atoms with Crippen LogP contribution in [0.3, 0.4) is 0 Å². The molecular weight excluding hydrogens is 205 g/mol. The molecule has 0 amide bonds. The van der Waals surface area contributed by atoms with Crippen molar-refractivity contribution in [2.75, 3.05) is 0 Å². The summed E-state index contributed by atoms with van der Waals surface area (Å²) in [7, 11) is 0. The van der Waals surface area contributed by atoms with Gasteiger partial charge in [-0.05, 0) is 12.8 Å². The van der Waals surface area contributed by atoms with Crippen molar-refractivity contribution in [3.05, 3.63) is 35.1 Å². The molecule has 0 saturated heterocycles. The molecule has 2 rings (SSSR count). The zero-order valence-corrected chi connectivity index (χ0v) is 9.42. The molecule has 1 saturated carbocycles. The normalized spacial score (nSPS) is 16.9. The van der Waals surface area contributed by atoms with E-state index in [0.717, 1.165) is 12.8 Å². The van der Waals surface area contributed by atoms with Gasteiger partial charge in [-0.15, -0.1) is 0 Å². The van der Waals surface area contributed by atoms with Gasteiger partial charge in [0.05, 0.1) is 12.7 Å². The first kappa shape index (κ1) is 11.6. The first-order valence-corrected chi connectivity index (χ1v) is 5.89. The van der Waals surface area contributed by atoms with Gasteiger partial charge in [-0.3, -0.25) is 0 Å². The van der Waals surface area contributed by atoms with Crippen LogP contribution in [-0.4, -0.2) is 6.10 Å². The SMILES string of the molecule is NCc1cccc(COC2CCCC2)c1F. The summed E-state index contributed by atoms with van der Waals surface area (Å²) in [5.74, 6) is -0.206. The second kappa shape index (κ2) is 5.41. The van der Waals surface area contributed by atoms with Crippen molar-refractivity contribution in [3.63, 3.8) is 0 Å². The third kappa shape index (κ3) is 2.60. The maximum atomic E-state index is 13.8. The highest BCUT2D eigenvalue weighted by atomic mass is 19.1. The first-order chi connectivity index (χ1) is 7.81. The number of benzene rings is 1. The van der Waals surface area contributed by atoms with Crippen molar-refractivity contribution in [2.45, 2.75) is 44.9 Å². The summed E-state index contributed by atoms with van der Waals surface area (Å²) < 4.78 is 19.5. The molecule has 0 radical (unpaired) electrons. The lowest BCUT2D eigenvalue weighted by atomic mass is 10.1. The maximum Gasteiger partial charge on any atom is 0.133 e. The third-order valence-corrected chi connectivity index (χ3v) is 3.16. The molecule has 1 aromatic rings. The van der Waals surface area contributed by atoms with Crippen LogP contribution in [0.2, 0.25) is 0 Å². The van der Waals surface area contributed by atoms with E-state index in [0.29, 0.717) is 23.8 Å². The monoisotopic (exact) mass is 223 g/mol. The van der Waals surface area contributed by atoms with Crippen LogP contribution in [0.1, 0.15) is 36.8 Å². The number of ether oxygens (including phenoxy) is 1. The van der Waals surface area contributed by atoms with Gasteiger partial charge in [-0.2, -0.15) is 0 Å². The van der Waals surface area contributed by atoms with Crippen molar-refractivity contribution in [2.24, 2.45) is 5.73 Å². The van der Waals surface area contributed by atoms with Crippen molar-refractivity contribution in [3.8, 4) is 0 Å². The fourth-order valence-corrected chi connectivity index (χ4v) is 2.16. The molecule has 0 spiro atoms. The Bertz CT molecular complexity index is 348. The predicted molar refractivity (Wildman–Crippen MR) is 61.3 cm³/mol. The minimum Gasteiger partial charge on any atom is -0.373 e. The lowest BCUT2D eigenvalue weighted by molar-refractivity contribution is 0.0440. The van der Waals surface area contributed by atoms with Gasteiger partial charge in [0.25, 0.3) is 0 Å². The summed E-state index contributed by atoms with van der Waals surface area (Å²) in [6.07, 6.45) is 5.00. The molecule has 88 valence electrons. The largest absolute Gasteiger partial charge is 0.373 e. The van der Waals surface area contributed by atoms with Crippen LogP contribution in [0.5, 0.6) is 0 Å². The quantitative estimate of drug-likeness (QED) is 0.851. The Kier molecular flexibility index (Phi) is 3.91. The molecule has 0 aliphatic heterocycles. The topological polar surface area (TPSA) is 35.2 Å². The smallest absolute Gasteiger partial charge is 0.133 e. The summed E-state index contributed by atoms with van der Waals surface area (Å²) in [6.45, 7) is 0.605. The third-order valence-electron chi connectivity index (χ3n) is 3.16. The highest BCUT2D eigenvalue weighted by Crippen LogP contribution is 2.23. The molecular formula is C13H18FNO. The Hall–Kier alpha value is -0.930. The fourth-order valence-electron chi connectivity index (χ4n) is 2.16. The highest BCUT2D eigenvalue weighted by Gasteiger charge is 2.16. The number of rotatable bonds is 4. The van der Waals surface area contributed by atoms with Crippen LogP contribution < -0.4 is 5.73 Å². The number of hydrogen-bond donors (Lipinski definition) is 1. The summed E-state index contributed by atoms with van der Waals surface area (Å²) in [5, 5.41) is 0. The van der Waals surface area contributed by atoms with Crippen LogP contribution in [-0.2, 0) is 17.9 Å². The maximum absolute atomic E-state index is 13.8. The number of halogens is 1. The van der Waals surface area contributed by atoms with Crippen LogP contribution in [0, 0.1) is 5.82 Å². The van der Waals surface area contributed by atoms with Gasteiger partial charge < -0.3 is 10.5 Å². The molecule has 0 heterocycles. The molecule has 16 heavy (non-hydrogen) atoms. The minimum atomic E-state index is -0.206. The van der Waals surface area contributed by atoms with Gasteiger partial charge in [0.2, 0.25) is 0 Å². The molecule has 0 unspecified atom stereocenters. The van der Waals surface area contributed by atoms with Gasteiger partial charge >= 0.3 is 0 Å². The molecule has 0 atom stereocenters. The molecule has 1 aliphatic rings. The van der Waals surface area contributed by atoms with Gasteiger partial charge in [0, 0.05) is 17.7 Å². The van der Waals surface area contributed by atoms with E-state index in [2.05, 4.69) is 0 Å². The zero-order chi connectivity index (χ0) is 11.4. The van der Waals surface area contributed by atoms with E-state index in [1.165, 1.54) is 12.8 Å². The Morgan fingerprint density at radius 2 is 1.94 bits per heavy atom. The molecule has 2 nitrogen and oxygen atoms in total. The summed E-state index contributed by atoms with van der Waals surface area (Å²) in [5.41, 5.74) is 6.64. The molecule has 0 bridgehead atoms. The standard InChI is InChI=1S/C13H18FNO/c14-13-10(8-15)4-3-5-11(13)9-16-12-6-1-2-7-12/h3-5,12H,1-2,6-9,15H2. The molecule has 2 N–H and O–H groups in total. The Balaban J connectivity index is 1.97. The molecule has 1 aromatic carbocycles. The van der Waals surface area contributed by atoms with Crippen LogP contribution in [0.4, 0.5) is 4.39 Å². The average molecular weight is 223 g/mol. The molecule has 3 heteroatoms. The van der Waals surface area contributed by atoms with Crippen molar-refractivity contribution in [1.82, 2.24) is 0 Å². The first-order valence-electron chi connectivity index (χ1n) is 5.89. The van der Waals surface area contributed by atoms with E-state index in [1.807, 2.05) is 6.07 Å². The van der Waals surface area contributed by atoms with Gasteiger partial charge in [0.15, 0.2) is 0 Å². The van der Waals surface area contributed by atoms with Crippen molar-refractivity contribution >= 4 is 0 Å².